The first-order chi connectivity index (χ1) is 17.1. The molecule has 8 nitrogen and oxygen atoms in total. The first kappa shape index (κ1) is 26.0. The Labute approximate surface area is 213 Å². The molecule has 0 aliphatic carbocycles. The lowest BCUT2D eigenvalue weighted by molar-refractivity contribution is -0.137. The van der Waals surface area contributed by atoms with Gasteiger partial charge in [-0.25, -0.2) is 4.98 Å². The molecular weight excluding hydrogens is 517 g/mol. The molecule has 0 bridgehead atoms. The van der Waals surface area contributed by atoms with E-state index in [9.17, 15) is 18.0 Å². The van der Waals surface area contributed by atoms with Gasteiger partial charge in [0.05, 0.1) is 30.4 Å². The average molecular weight is 541 g/mol. The Morgan fingerprint density at radius 3 is 2.31 bits per heavy atom. The maximum absolute atomic E-state index is 13.3. The molecular formula is C23H23F3N4O4S2. The second-order valence-electron chi connectivity index (χ2n) is 7.77. The normalized spacial score (nSPS) is 13.9. The van der Waals surface area contributed by atoms with Gasteiger partial charge in [-0.15, -0.1) is 0 Å². The van der Waals surface area contributed by atoms with Gasteiger partial charge < -0.3 is 14.2 Å². The lowest BCUT2D eigenvalue weighted by atomic mass is 9.89. The zero-order valence-corrected chi connectivity index (χ0v) is 21.7. The Morgan fingerprint density at radius 1 is 1.14 bits per heavy atom. The van der Waals surface area contributed by atoms with Gasteiger partial charge in [-0.3, -0.25) is 10.1 Å². The van der Waals surface area contributed by atoms with Gasteiger partial charge in [0.1, 0.15) is 11.4 Å². The number of rotatable bonds is 7. The zero-order valence-electron chi connectivity index (χ0n) is 20.1. The lowest BCUT2D eigenvalue weighted by Gasteiger charge is -2.36. The molecule has 1 N–H and O–H groups in total. The Hall–Kier alpha value is -3.06. The lowest BCUT2D eigenvalue weighted by Crippen LogP contribution is -2.34. The number of ether oxygens (including phenoxy) is 3. The van der Waals surface area contributed by atoms with E-state index in [4.69, 9.17) is 14.2 Å². The van der Waals surface area contributed by atoms with Crippen LogP contribution in [0.15, 0.2) is 23.4 Å². The van der Waals surface area contributed by atoms with Crippen LogP contribution in [0.2, 0.25) is 0 Å². The smallest absolute Gasteiger partial charge is 0.416 e. The Kier molecular flexibility index (Phi) is 7.06. The predicted octanol–water partition coefficient (Wildman–Crippen LogP) is 6.02. The number of hydrogen-bond donors (Lipinski definition) is 1. The molecule has 36 heavy (non-hydrogen) atoms. The quantitative estimate of drug-likeness (QED) is 0.287. The van der Waals surface area contributed by atoms with Crippen molar-refractivity contribution in [3.8, 4) is 28.8 Å². The number of thiazole rings is 1. The van der Waals surface area contributed by atoms with Crippen molar-refractivity contribution in [2.45, 2.75) is 43.6 Å². The molecule has 1 amide bonds. The number of carbonyl (C=O) groups is 1. The third-order valence-corrected chi connectivity index (χ3v) is 7.60. The van der Waals surface area contributed by atoms with Gasteiger partial charge in [0.15, 0.2) is 15.9 Å². The minimum absolute atomic E-state index is 0.00492. The number of carbonyl (C=O) groups excluding carboxylic acids is 1. The molecule has 4 rings (SSSR count). The van der Waals surface area contributed by atoms with E-state index >= 15 is 0 Å². The van der Waals surface area contributed by atoms with Gasteiger partial charge in [0.2, 0.25) is 11.8 Å². The van der Waals surface area contributed by atoms with Crippen molar-refractivity contribution in [1.29, 1.82) is 0 Å². The fourth-order valence-corrected chi connectivity index (χ4v) is 5.55. The van der Waals surface area contributed by atoms with E-state index in [1.165, 1.54) is 43.4 Å². The van der Waals surface area contributed by atoms with Gasteiger partial charge in [0, 0.05) is 5.56 Å². The summed E-state index contributed by atoms with van der Waals surface area (Å²) in [5, 5.41) is 3.35. The molecule has 1 aromatic carbocycles. The SMILES string of the molecule is CCC1(CC)Oc2cc(C(F)(F)F)ccc2-c2nc(NC(=O)c3c(OC)nc(SC)nc3OC)sc21. The molecule has 192 valence electrons. The molecule has 0 fully saturated rings. The number of halogens is 3. The molecule has 0 atom stereocenters. The maximum Gasteiger partial charge on any atom is 0.416 e. The third kappa shape index (κ3) is 4.45. The van der Waals surface area contributed by atoms with E-state index < -0.39 is 23.2 Å². The van der Waals surface area contributed by atoms with E-state index in [-0.39, 0.29) is 28.2 Å². The number of methoxy groups -OCH3 is 2. The monoisotopic (exact) mass is 540 g/mol. The molecule has 3 heterocycles. The number of nitrogens with zero attached hydrogens (tertiary/aromatic N) is 3. The predicted molar refractivity (Wildman–Crippen MR) is 130 cm³/mol. The van der Waals surface area contributed by atoms with Crippen molar-refractivity contribution in [1.82, 2.24) is 15.0 Å². The largest absolute Gasteiger partial charge is 0.481 e. The Bertz CT molecular complexity index is 1280. The Balaban J connectivity index is 1.78. The number of amides is 1. The summed E-state index contributed by atoms with van der Waals surface area (Å²) in [6.07, 6.45) is -1.74. The van der Waals surface area contributed by atoms with E-state index in [1.807, 2.05) is 13.8 Å². The minimum atomic E-state index is -4.51. The summed E-state index contributed by atoms with van der Waals surface area (Å²) in [6.45, 7) is 3.79. The van der Waals surface area contributed by atoms with Crippen molar-refractivity contribution in [3.05, 3.63) is 34.2 Å². The fraction of sp³-hybridized carbons (Fsp3) is 0.391. The highest BCUT2D eigenvalue weighted by Crippen LogP contribution is 2.52. The molecule has 1 aliphatic heterocycles. The van der Waals surface area contributed by atoms with Crippen LogP contribution in [-0.2, 0) is 11.8 Å². The number of aromatic nitrogens is 3. The summed E-state index contributed by atoms with van der Waals surface area (Å²) in [6, 6.07) is 3.34. The third-order valence-electron chi connectivity index (χ3n) is 5.89. The van der Waals surface area contributed by atoms with Gasteiger partial charge in [0.25, 0.3) is 5.91 Å². The highest BCUT2D eigenvalue weighted by atomic mass is 32.2. The van der Waals surface area contributed by atoms with Crippen molar-refractivity contribution < 1.29 is 32.2 Å². The van der Waals surface area contributed by atoms with Crippen molar-refractivity contribution in [2.75, 3.05) is 25.8 Å². The highest BCUT2D eigenvalue weighted by molar-refractivity contribution is 7.98. The van der Waals surface area contributed by atoms with Crippen molar-refractivity contribution in [2.24, 2.45) is 0 Å². The molecule has 0 saturated heterocycles. The highest BCUT2D eigenvalue weighted by Gasteiger charge is 2.43. The van der Waals surface area contributed by atoms with Crippen LogP contribution in [-0.4, -0.2) is 41.3 Å². The van der Waals surface area contributed by atoms with Crippen LogP contribution >= 0.6 is 23.1 Å². The first-order valence-corrected chi connectivity index (χ1v) is 12.9. The summed E-state index contributed by atoms with van der Waals surface area (Å²) in [5.41, 5.74) is -0.791. The number of nitrogens with one attached hydrogen (secondary N) is 1. The van der Waals surface area contributed by atoms with E-state index in [0.717, 1.165) is 17.0 Å². The standard InChI is InChI=1S/C23H23F3N4O4S2/c1-6-22(7-2)16-15(12-9-8-11(23(24,25)26)10-13(12)34-22)27-21(36-16)28-17(31)14-18(32-3)29-20(35-5)30-19(14)33-4/h8-10H,6-7H2,1-5H3,(H,27,28,31). The molecule has 3 aromatic rings. The number of anilines is 1. The van der Waals surface area contributed by atoms with Crippen LogP contribution in [0.3, 0.4) is 0 Å². The summed E-state index contributed by atoms with van der Waals surface area (Å²) >= 11 is 2.47. The molecule has 0 radical (unpaired) electrons. The second kappa shape index (κ2) is 9.77. The van der Waals surface area contributed by atoms with E-state index in [1.54, 1.807) is 6.26 Å². The number of benzene rings is 1. The van der Waals surface area contributed by atoms with Gasteiger partial charge in [-0.05, 0) is 37.3 Å². The topological polar surface area (TPSA) is 95.5 Å². The minimum Gasteiger partial charge on any atom is -0.481 e. The van der Waals surface area contributed by atoms with Crippen molar-refractivity contribution >= 4 is 34.1 Å². The summed E-state index contributed by atoms with van der Waals surface area (Å²) in [5.74, 6) is -0.423. The van der Waals surface area contributed by atoms with E-state index in [0.29, 0.717) is 29.3 Å². The van der Waals surface area contributed by atoms with Crippen LogP contribution in [0.5, 0.6) is 17.5 Å². The van der Waals surface area contributed by atoms with Crippen LogP contribution in [0, 0.1) is 0 Å². The molecule has 0 unspecified atom stereocenters. The molecule has 0 saturated carbocycles. The number of alkyl halides is 3. The fourth-order valence-electron chi connectivity index (χ4n) is 3.96. The Morgan fingerprint density at radius 2 is 1.78 bits per heavy atom. The zero-order chi connectivity index (χ0) is 26.3. The van der Waals surface area contributed by atoms with Gasteiger partial charge >= 0.3 is 6.18 Å². The van der Waals surface area contributed by atoms with Crippen LogP contribution in [0.25, 0.3) is 11.3 Å². The van der Waals surface area contributed by atoms with E-state index in [2.05, 4.69) is 20.3 Å². The molecule has 2 aromatic heterocycles. The second-order valence-corrected chi connectivity index (χ2v) is 9.54. The molecule has 13 heteroatoms. The van der Waals surface area contributed by atoms with Gasteiger partial charge in [-0.2, -0.15) is 23.1 Å². The number of fused-ring (bicyclic) bond motifs is 3. The number of thioether (sulfide) groups is 1. The summed E-state index contributed by atoms with van der Waals surface area (Å²) in [4.78, 5) is 27.0. The van der Waals surface area contributed by atoms with Crippen LogP contribution < -0.4 is 19.5 Å². The average Bonchev–Trinajstić information content (AvgIpc) is 3.30. The molecule has 0 spiro atoms. The number of hydrogen-bond acceptors (Lipinski definition) is 9. The first-order valence-electron chi connectivity index (χ1n) is 10.9. The van der Waals surface area contributed by atoms with Crippen LogP contribution in [0.4, 0.5) is 18.3 Å². The summed E-state index contributed by atoms with van der Waals surface area (Å²) in [7, 11) is 2.76. The van der Waals surface area contributed by atoms with Crippen LogP contribution in [0.1, 0.15) is 47.5 Å². The van der Waals surface area contributed by atoms with Gasteiger partial charge in [-0.1, -0.05) is 36.9 Å². The summed E-state index contributed by atoms with van der Waals surface area (Å²) < 4.78 is 56.8. The maximum atomic E-state index is 13.3. The molecule has 1 aliphatic rings. The van der Waals surface area contributed by atoms with Crippen molar-refractivity contribution in [3.63, 3.8) is 0 Å².